The normalized spacial score (nSPS) is 15.2. The molecule has 1 aromatic carbocycles. The fourth-order valence-electron chi connectivity index (χ4n) is 4.05. The maximum Gasteiger partial charge on any atom is 0.325 e. The molecule has 0 unspecified atom stereocenters. The van der Waals surface area contributed by atoms with Crippen molar-refractivity contribution in [3.63, 3.8) is 0 Å². The Balaban J connectivity index is 1.82. The highest BCUT2D eigenvalue weighted by atomic mass is 16.5. The Kier molecular flexibility index (Phi) is 4.40. The molecule has 31 heavy (non-hydrogen) atoms. The van der Waals surface area contributed by atoms with Gasteiger partial charge in [0.1, 0.15) is 12.1 Å². The van der Waals surface area contributed by atoms with Crippen LogP contribution in [0.2, 0.25) is 0 Å². The van der Waals surface area contributed by atoms with E-state index in [0.717, 1.165) is 27.8 Å². The summed E-state index contributed by atoms with van der Waals surface area (Å²) < 4.78 is 17.9. The number of nitrogens with zero attached hydrogens (tertiary/aromatic N) is 3. The Morgan fingerprint density at radius 1 is 1.23 bits per heavy atom. The zero-order valence-electron chi connectivity index (χ0n) is 17.5. The van der Waals surface area contributed by atoms with Gasteiger partial charge in [0.2, 0.25) is 11.3 Å². The van der Waals surface area contributed by atoms with Crippen LogP contribution in [-0.4, -0.2) is 33.2 Å². The highest BCUT2D eigenvalue weighted by Gasteiger charge is 2.32. The lowest BCUT2D eigenvalue weighted by Gasteiger charge is -2.33. The maximum atomic E-state index is 13.0. The van der Waals surface area contributed by atoms with Crippen molar-refractivity contribution in [3.05, 3.63) is 58.1 Å². The predicted molar refractivity (Wildman–Crippen MR) is 114 cm³/mol. The van der Waals surface area contributed by atoms with E-state index in [4.69, 9.17) is 14.1 Å². The summed E-state index contributed by atoms with van der Waals surface area (Å²) >= 11 is 0. The van der Waals surface area contributed by atoms with Crippen LogP contribution in [0.15, 0.2) is 45.9 Å². The molecule has 0 bridgehead atoms. The molecule has 1 aliphatic rings. The van der Waals surface area contributed by atoms with Gasteiger partial charge >= 0.3 is 5.97 Å². The Labute approximate surface area is 177 Å². The van der Waals surface area contributed by atoms with Crippen molar-refractivity contribution in [2.75, 3.05) is 7.11 Å². The fraction of sp³-hybridized carbons (Fsp3) is 0.304. The summed E-state index contributed by atoms with van der Waals surface area (Å²) in [4.78, 5) is 33.8. The number of hydrogen-bond acceptors (Lipinski definition) is 7. The van der Waals surface area contributed by atoms with E-state index in [0.29, 0.717) is 24.3 Å². The average Bonchev–Trinajstić information content (AvgIpc) is 3.14. The van der Waals surface area contributed by atoms with Crippen molar-refractivity contribution < 1.29 is 18.7 Å². The van der Waals surface area contributed by atoms with Crippen molar-refractivity contribution >= 4 is 28.2 Å². The van der Waals surface area contributed by atoms with E-state index < -0.39 is 11.5 Å². The van der Waals surface area contributed by atoms with Gasteiger partial charge in [-0.3, -0.25) is 14.2 Å². The summed E-state index contributed by atoms with van der Waals surface area (Å²) in [5, 5.41) is 0.725. The lowest BCUT2D eigenvalue weighted by Crippen LogP contribution is -2.32. The molecular formula is C23H21N3O5. The third-order valence-electron chi connectivity index (χ3n) is 5.60. The topological polar surface area (TPSA) is 96.5 Å². The van der Waals surface area contributed by atoms with Crippen LogP contribution in [-0.2, 0) is 33.8 Å². The summed E-state index contributed by atoms with van der Waals surface area (Å²) in [7, 11) is 1.27. The molecule has 0 aliphatic carbocycles. The fourth-order valence-corrected chi connectivity index (χ4v) is 4.05. The zero-order chi connectivity index (χ0) is 21.8. The molecule has 0 amide bonds. The number of carbonyl (C=O) groups is 1. The van der Waals surface area contributed by atoms with Crippen LogP contribution in [0, 0.1) is 0 Å². The quantitative estimate of drug-likeness (QED) is 0.470. The minimum absolute atomic E-state index is 0.0746. The number of furan rings is 1. The monoisotopic (exact) mass is 419 g/mol. The number of carbonyl (C=O) groups excluding carboxylic acids is 1. The SMILES string of the molecule is COC(=O)Cn1cnc2c(oc3nc(-c4ccccc4)c4c(c32)CC(C)(C)OC4)c1=O. The first-order valence-corrected chi connectivity index (χ1v) is 9.97. The Hall–Kier alpha value is -3.52. The molecule has 4 aromatic rings. The van der Waals surface area contributed by atoms with Gasteiger partial charge in [-0.1, -0.05) is 30.3 Å². The Morgan fingerprint density at radius 3 is 2.74 bits per heavy atom. The van der Waals surface area contributed by atoms with Gasteiger partial charge in [0, 0.05) is 17.5 Å². The van der Waals surface area contributed by atoms with Crippen LogP contribution in [0.1, 0.15) is 25.0 Å². The van der Waals surface area contributed by atoms with Crippen molar-refractivity contribution in [1.82, 2.24) is 14.5 Å². The first-order valence-electron chi connectivity index (χ1n) is 9.97. The standard InChI is InChI=1S/C23H21N3O5/c1-23(2)9-14-15(11-30-23)18(13-7-5-4-6-8-13)25-21-17(14)19-20(31-21)22(28)26(12-24-19)10-16(27)29-3/h4-8,12H,9-11H2,1-3H3. The van der Waals surface area contributed by atoms with Crippen LogP contribution < -0.4 is 5.56 Å². The van der Waals surface area contributed by atoms with E-state index in [9.17, 15) is 9.59 Å². The second-order valence-electron chi connectivity index (χ2n) is 8.22. The maximum absolute atomic E-state index is 13.0. The second-order valence-corrected chi connectivity index (χ2v) is 8.22. The molecule has 5 rings (SSSR count). The zero-order valence-corrected chi connectivity index (χ0v) is 17.5. The summed E-state index contributed by atoms with van der Waals surface area (Å²) in [6.07, 6.45) is 1.97. The van der Waals surface area contributed by atoms with Crippen molar-refractivity contribution in [2.24, 2.45) is 0 Å². The molecular weight excluding hydrogens is 398 g/mol. The number of rotatable bonds is 3. The molecule has 0 radical (unpaired) electrons. The van der Waals surface area contributed by atoms with E-state index >= 15 is 0 Å². The lowest BCUT2D eigenvalue weighted by molar-refractivity contribution is -0.141. The number of fused-ring (bicyclic) bond motifs is 5. The molecule has 4 heterocycles. The molecule has 0 fully saturated rings. The molecule has 8 heteroatoms. The molecule has 1 aliphatic heterocycles. The first kappa shape index (κ1) is 19.4. The van der Waals surface area contributed by atoms with E-state index in [1.807, 2.05) is 44.2 Å². The Morgan fingerprint density at radius 2 is 2.00 bits per heavy atom. The summed E-state index contributed by atoms with van der Waals surface area (Å²) in [6.45, 7) is 4.23. The van der Waals surface area contributed by atoms with Gasteiger partial charge in [0.15, 0.2) is 0 Å². The van der Waals surface area contributed by atoms with Crippen molar-refractivity contribution in [2.45, 2.75) is 39.0 Å². The van der Waals surface area contributed by atoms with Gasteiger partial charge in [-0.15, -0.1) is 0 Å². The number of methoxy groups -OCH3 is 1. The average molecular weight is 419 g/mol. The summed E-state index contributed by atoms with van der Waals surface area (Å²) in [5.74, 6) is -0.542. The van der Waals surface area contributed by atoms with Crippen LogP contribution >= 0.6 is 0 Å². The minimum Gasteiger partial charge on any atom is -0.468 e. The number of esters is 1. The van der Waals surface area contributed by atoms with Gasteiger partial charge in [-0.05, 0) is 19.4 Å². The Bertz CT molecular complexity index is 1390. The molecule has 0 saturated carbocycles. The number of benzene rings is 1. The highest BCUT2D eigenvalue weighted by molar-refractivity contribution is 6.04. The van der Waals surface area contributed by atoms with Crippen molar-refractivity contribution in [3.8, 4) is 11.3 Å². The van der Waals surface area contributed by atoms with E-state index in [-0.39, 0.29) is 17.7 Å². The van der Waals surface area contributed by atoms with Crippen molar-refractivity contribution in [1.29, 1.82) is 0 Å². The number of hydrogen-bond donors (Lipinski definition) is 0. The first-order chi connectivity index (χ1) is 14.9. The van der Waals surface area contributed by atoms with Gasteiger partial charge in [-0.2, -0.15) is 0 Å². The largest absolute Gasteiger partial charge is 0.468 e. The molecule has 0 saturated heterocycles. The smallest absolute Gasteiger partial charge is 0.325 e. The lowest BCUT2D eigenvalue weighted by atomic mass is 9.88. The summed E-state index contributed by atoms with van der Waals surface area (Å²) in [6, 6.07) is 9.82. The van der Waals surface area contributed by atoms with E-state index in [1.54, 1.807) is 0 Å². The predicted octanol–water partition coefficient (Wildman–Crippen LogP) is 3.23. The molecule has 3 aromatic heterocycles. The molecule has 0 N–H and O–H groups in total. The van der Waals surface area contributed by atoms with Gasteiger partial charge in [0.05, 0.1) is 36.7 Å². The van der Waals surface area contributed by atoms with Gasteiger partial charge in [0.25, 0.3) is 5.56 Å². The third-order valence-corrected chi connectivity index (χ3v) is 5.60. The molecule has 8 nitrogen and oxygen atoms in total. The van der Waals surface area contributed by atoms with Crippen LogP contribution in [0.5, 0.6) is 0 Å². The number of aromatic nitrogens is 3. The van der Waals surface area contributed by atoms with Gasteiger partial charge in [-0.25, -0.2) is 9.97 Å². The van der Waals surface area contributed by atoms with E-state index in [2.05, 4.69) is 9.72 Å². The summed E-state index contributed by atoms with van der Waals surface area (Å²) in [5.41, 5.74) is 3.76. The van der Waals surface area contributed by atoms with Crippen LogP contribution in [0.3, 0.4) is 0 Å². The minimum atomic E-state index is -0.542. The van der Waals surface area contributed by atoms with Gasteiger partial charge < -0.3 is 13.9 Å². The number of pyridine rings is 1. The molecule has 0 atom stereocenters. The van der Waals surface area contributed by atoms with Crippen LogP contribution in [0.4, 0.5) is 0 Å². The highest BCUT2D eigenvalue weighted by Crippen LogP contribution is 2.40. The second kappa shape index (κ2) is 7.02. The number of ether oxygens (including phenoxy) is 2. The van der Waals surface area contributed by atoms with Crippen LogP contribution in [0.25, 0.3) is 33.5 Å². The third kappa shape index (κ3) is 3.19. The molecule has 0 spiro atoms. The molecule has 158 valence electrons. The van der Waals surface area contributed by atoms with E-state index in [1.165, 1.54) is 18.0 Å².